The highest BCUT2D eigenvalue weighted by molar-refractivity contribution is 6.33. The Hall–Kier alpha value is -2.40. The minimum Gasteiger partial charge on any atom is -0.348 e. The summed E-state index contributed by atoms with van der Waals surface area (Å²) in [5.41, 5.74) is 3.25. The van der Waals surface area contributed by atoms with E-state index < -0.39 is 0 Å². The van der Waals surface area contributed by atoms with Crippen LogP contribution in [0.15, 0.2) is 36.4 Å². The molecule has 0 aliphatic carbocycles. The summed E-state index contributed by atoms with van der Waals surface area (Å²) in [6, 6.07) is 11.3. The van der Waals surface area contributed by atoms with Crippen LogP contribution in [0.5, 0.6) is 0 Å². The molecule has 142 valence electrons. The highest BCUT2D eigenvalue weighted by atomic mass is 35.5. The van der Waals surface area contributed by atoms with Crippen molar-refractivity contribution in [2.75, 3.05) is 0 Å². The second kappa shape index (κ2) is 7.31. The van der Waals surface area contributed by atoms with Crippen LogP contribution in [-0.4, -0.2) is 26.5 Å². The predicted molar refractivity (Wildman–Crippen MR) is 109 cm³/mol. The number of aromatic nitrogens is 3. The summed E-state index contributed by atoms with van der Waals surface area (Å²) in [6.07, 6.45) is 0.851. The molecule has 0 saturated carbocycles. The summed E-state index contributed by atoms with van der Waals surface area (Å²) in [4.78, 5) is 17.6. The highest BCUT2D eigenvalue weighted by Crippen LogP contribution is 2.29. The van der Waals surface area contributed by atoms with Gasteiger partial charge in [0.1, 0.15) is 5.69 Å². The molecule has 0 fully saturated rings. The van der Waals surface area contributed by atoms with E-state index in [-0.39, 0.29) is 17.4 Å². The van der Waals surface area contributed by atoms with Crippen LogP contribution in [0, 0.1) is 0 Å². The van der Waals surface area contributed by atoms with Crippen LogP contribution in [0.3, 0.4) is 0 Å². The van der Waals surface area contributed by atoms with Crippen molar-refractivity contribution < 1.29 is 4.79 Å². The molecule has 0 aliphatic rings. The largest absolute Gasteiger partial charge is 0.348 e. The minimum absolute atomic E-state index is 0.0714. The van der Waals surface area contributed by atoms with Gasteiger partial charge in [-0.05, 0) is 25.5 Å². The van der Waals surface area contributed by atoms with E-state index in [4.69, 9.17) is 16.6 Å². The first-order chi connectivity index (χ1) is 12.7. The summed E-state index contributed by atoms with van der Waals surface area (Å²) in [5.74, 6) is -0.173. The van der Waals surface area contributed by atoms with Crippen LogP contribution in [0.1, 0.15) is 57.2 Å². The van der Waals surface area contributed by atoms with Crippen LogP contribution < -0.4 is 5.32 Å². The Kier molecular flexibility index (Phi) is 5.24. The number of fused-ring (bicyclic) bond motifs is 1. The van der Waals surface area contributed by atoms with Crippen molar-refractivity contribution in [2.24, 2.45) is 0 Å². The number of halogens is 1. The fourth-order valence-corrected chi connectivity index (χ4v) is 2.94. The summed E-state index contributed by atoms with van der Waals surface area (Å²) >= 11 is 6.36. The maximum absolute atomic E-state index is 12.9. The fraction of sp³-hybridized carbons (Fsp3) is 0.381. The quantitative estimate of drug-likeness (QED) is 0.697. The van der Waals surface area contributed by atoms with Gasteiger partial charge >= 0.3 is 0 Å². The van der Waals surface area contributed by atoms with E-state index in [0.717, 1.165) is 17.7 Å². The Morgan fingerprint density at radius 3 is 2.59 bits per heavy atom. The maximum Gasteiger partial charge on any atom is 0.270 e. The Bertz CT molecular complexity index is 988. The SMILES string of the molecule is CC[C@H](C)NC(=O)c1cc(-c2ccccc2Cl)nc2cc(C(C)(C)C)nn12. The van der Waals surface area contributed by atoms with Crippen molar-refractivity contribution in [1.82, 2.24) is 19.9 Å². The first kappa shape index (κ1) is 19.4. The molecule has 1 N–H and O–H groups in total. The summed E-state index contributed by atoms with van der Waals surface area (Å²) in [6.45, 7) is 10.3. The molecule has 0 aliphatic heterocycles. The van der Waals surface area contributed by atoms with Crippen molar-refractivity contribution in [3.63, 3.8) is 0 Å². The maximum atomic E-state index is 12.9. The molecule has 27 heavy (non-hydrogen) atoms. The predicted octanol–water partition coefficient (Wildman–Crippen LogP) is 4.88. The van der Waals surface area contributed by atoms with E-state index >= 15 is 0 Å². The molecular weight excluding hydrogens is 360 g/mol. The minimum atomic E-state index is -0.173. The number of carbonyl (C=O) groups excluding carboxylic acids is 1. The molecule has 0 radical (unpaired) electrons. The molecule has 0 saturated heterocycles. The lowest BCUT2D eigenvalue weighted by atomic mass is 9.93. The lowest BCUT2D eigenvalue weighted by Crippen LogP contribution is -2.33. The number of benzene rings is 1. The number of carbonyl (C=O) groups is 1. The Balaban J connectivity index is 2.22. The molecule has 1 amide bonds. The topological polar surface area (TPSA) is 59.3 Å². The van der Waals surface area contributed by atoms with Gasteiger partial charge in [0.25, 0.3) is 5.91 Å². The molecule has 0 bridgehead atoms. The molecule has 2 aromatic heterocycles. The summed E-state index contributed by atoms with van der Waals surface area (Å²) in [5, 5.41) is 8.27. The number of hydrogen-bond acceptors (Lipinski definition) is 3. The standard InChI is InChI=1S/C21H25ClN4O/c1-6-13(2)23-20(27)17-11-16(14-9-7-8-10-15(14)22)24-19-12-18(21(3,4)5)25-26(17)19/h7-13H,6H2,1-5H3,(H,23,27)/t13-/m0/s1. The van der Waals surface area contributed by atoms with Gasteiger partial charge in [-0.1, -0.05) is 57.5 Å². The zero-order chi connectivity index (χ0) is 19.8. The normalized spacial score (nSPS) is 13.0. The first-order valence-corrected chi connectivity index (χ1v) is 9.55. The van der Waals surface area contributed by atoms with Crippen LogP contribution in [-0.2, 0) is 5.41 Å². The van der Waals surface area contributed by atoms with E-state index in [1.54, 1.807) is 10.6 Å². The molecule has 6 heteroatoms. The van der Waals surface area contributed by atoms with Gasteiger partial charge in [0.2, 0.25) is 0 Å². The lowest BCUT2D eigenvalue weighted by Gasteiger charge is -2.14. The molecule has 1 atom stereocenters. The van der Waals surface area contributed by atoms with Gasteiger partial charge < -0.3 is 5.32 Å². The number of nitrogens with zero attached hydrogens (tertiary/aromatic N) is 3. The van der Waals surface area contributed by atoms with Crippen molar-refractivity contribution in [2.45, 2.75) is 52.5 Å². The average molecular weight is 385 g/mol. The van der Waals surface area contributed by atoms with Crippen LogP contribution in [0.4, 0.5) is 0 Å². The number of amides is 1. The molecule has 5 nitrogen and oxygen atoms in total. The molecule has 3 rings (SSSR count). The van der Waals surface area contributed by atoms with Gasteiger partial charge in [0.15, 0.2) is 5.65 Å². The smallest absolute Gasteiger partial charge is 0.270 e. The van der Waals surface area contributed by atoms with E-state index in [1.165, 1.54) is 0 Å². The summed E-state index contributed by atoms with van der Waals surface area (Å²) in [7, 11) is 0. The van der Waals surface area contributed by atoms with Gasteiger partial charge in [-0.2, -0.15) is 5.10 Å². The Labute approximate surface area is 164 Å². The summed E-state index contributed by atoms with van der Waals surface area (Å²) < 4.78 is 1.62. The van der Waals surface area contributed by atoms with Crippen LogP contribution in [0.2, 0.25) is 5.02 Å². The van der Waals surface area contributed by atoms with Gasteiger partial charge in [-0.15, -0.1) is 0 Å². The highest BCUT2D eigenvalue weighted by Gasteiger charge is 2.22. The Morgan fingerprint density at radius 1 is 1.26 bits per heavy atom. The first-order valence-electron chi connectivity index (χ1n) is 9.17. The second-order valence-corrected chi connectivity index (χ2v) is 8.25. The third-order valence-electron chi connectivity index (χ3n) is 4.57. The second-order valence-electron chi connectivity index (χ2n) is 7.84. The van der Waals surface area contributed by atoms with Gasteiger partial charge in [0, 0.05) is 28.1 Å². The van der Waals surface area contributed by atoms with Crippen LogP contribution in [0.25, 0.3) is 16.9 Å². The van der Waals surface area contributed by atoms with E-state index in [1.807, 2.05) is 44.2 Å². The molecule has 0 spiro atoms. The van der Waals surface area contributed by atoms with Gasteiger partial charge in [0.05, 0.1) is 11.4 Å². The third kappa shape index (κ3) is 3.98. The number of nitrogens with one attached hydrogen (secondary N) is 1. The third-order valence-corrected chi connectivity index (χ3v) is 4.90. The monoisotopic (exact) mass is 384 g/mol. The molecular formula is C21H25ClN4O. The molecule has 3 aromatic rings. The average Bonchev–Trinajstić information content (AvgIpc) is 3.05. The Morgan fingerprint density at radius 2 is 1.96 bits per heavy atom. The van der Waals surface area contributed by atoms with Gasteiger partial charge in [-0.25, -0.2) is 9.50 Å². The van der Waals surface area contributed by atoms with E-state index in [0.29, 0.717) is 22.1 Å². The van der Waals surface area contributed by atoms with E-state index in [2.05, 4.69) is 31.2 Å². The number of hydrogen-bond donors (Lipinski definition) is 1. The van der Waals surface area contributed by atoms with Crippen molar-refractivity contribution in [3.8, 4) is 11.3 Å². The molecule has 2 heterocycles. The van der Waals surface area contributed by atoms with Crippen molar-refractivity contribution in [3.05, 3.63) is 52.8 Å². The molecule has 1 aromatic carbocycles. The zero-order valence-corrected chi connectivity index (χ0v) is 17.1. The fourth-order valence-electron chi connectivity index (χ4n) is 2.71. The van der Waals surface area contributed by atoms with Crippen molar-refractivity contribution >= 4 is 23.2 Å². The lowest BCUT2D eigenvalue weighted by molar-refractivity contribution is 0.0931. The van der Waals surface area contributed by atoms with Crippen LogP contribution >= 0.6 is 11.6 Å². The van der Waals surface area contributed by atoms with E-state index in [9.17, 15) is 4.79 Å². The number of rotatable bonds is 4. The van der Waals surface area contributed by atoms with Gasteiger partial charge in [-0.3, -0.25) is 4.79 Å². The zero-order valence-electron chi connectivity index (χ0n) is 16.4. The molecule has 0 unspecified atom stereocenters. The van der Waals surface area contributed by atoms with Crippen molar-refractivity contribution in [1.29, 1.82) is 0 Å².